The summed E-state index contributed by atoms with van der Waals surface area (Å²) in [7, 11) is -3.76. The molecule has 2 heterocycles. The average Bonchev–Trinajstić information content (AvgIpc) is 2.71. The summed E-state index contributed by atoms with van der Waals surface area (Å²) in [5.74, 6) is -0.377. The molecule has 0 spiro atoms. The Bertz CT molecular complexity index is 1070. The zero-order chi connectivity index (χ0) is 20.1. The molecule has 0 radical (unpaired) electrons. The van der Waals surface area contributed by atoms with E-state index >= 15 is 0 Å². The monoisotopic (exact) mass is 395 g/mol. The standard InChI is InChI=1S/C21H21N3O3S/c1-15-7-8-16(2)19(11-15)28(26,27)20(17-5-3-9-22-12-17)14-24-21(25)18-6-4-10-23-13-18/h3-13,20H,14H2,1-2H3,(H,24,25)/t20-/m0/s1. The van der Waals surface area contributed by atoms with Crippen LogP contribution < -0.4 is 5.32 Å². The van der Waals surface area contributed by atoms with E-state index in [1.54, 1.807) is 55.7 Å². The molecule has 1 N–H and O–H groups in total. The molecule has 1 aromatic carbocycles. The molecule has 0 aliphatic heterocycles. The lowest BCUT2D eigenvalue weighted by molar-refractivity contribution is 0.0953. The van der Waals surface area contributed by atoms with Crippen molar-refractivity contribution in [2.45, 2.75) is 24.0 Å². The highest BCUT2D eigenvalue weighted by Crippen LogP contribution is 2.30. The fourth-order valence-electron chi connectivity index (χ4n) is 2.92. The third-order valence-corrected chi connectivity index (χ3v) is 6.69. The molecule has 7 heteroatoms. The van der Waals surface area contributed by atoms with Gasteiger partial charge in [-0.05, 0) is 54.8 Å². The van der Waals surface area contributed by atoms with Crippen LogP contribution >= 0.6 is 0 Å². The fraction of sp³-hybridized carbons (Fsp3) is 0.190. The Hall–Kier alpha value is -3.06. The van der Waals surface area contributed by atoms with E-state index in [-0.39, 0.29) is 17.3 Å². The molecule has 0 saturated heterocycles. The summed E-state index contributed by atoms with van der Waals surface area (Å²) in [6, 6.07) is 12.0. The van der Waals surface area contributed by atoms with E-state index in [1.807, 2.05) is 13.0 Å². The van der Waals surface area contributed by atoms with Crippen LogP contribution in [0, 0.1) is 13.8 Å². The molecule has 0 aliphatic carbocycles. The van der Waals surface area contributed by atoms with E-state index in [0.29, 0.717) is 16.7 Å². The van der Waals surface area contributed by atoms with E-state index in [1.165, 1.54) is 12.4 Å². The highest BCUT2D eigenvalue weighted by Gasteiger charge is 2.31. The second-order valence-corrected chi connectivity index (χ2v) is 8.64. The van der Waals surface area contributed by atoms with E-state index in [0.717, 1.165) is 5.56 Å². The molecule has 0 fully saturated rings. The number of benzene rings is 1. The van der Waals surface area contributed by atoms with Gasteiger partial charge in [0.25, 0.3) is 5.91 Å². The minimum atomic E-state index is -3.76. The molecule has 0 aliphatic rings. The van der Waals surface area contributed by atoms with Crippen LogP contribution in [0.3, 0.4) is 0 Å². The number of carbonyl (C=O) groups excluding carboxylic acids is 1. The van der Waals surface area contributed by atoms with Crippen molar-refractivity contribution in [1.29, 1.82) is 0 Å². The topological polar surface area (TPSA) is 89.0 Å². The van der Waals surface area contributed by atoms with Gasteiger partial charge < -0.3 is 5.32 Å². The third-order valence-electron chi connectivity index (χ3n) is 4.45. The van der Waals surface area contributed by atoms with Crippen molar-refractivity contribution in [2.24, 2.45) is 0 Å². The highest BCUT2D eigenvalue weighted by atomic mass is 32.2. The molecule has 1 amide bonds. The van der Waals surface area contributed by atoms with Gasteiger partial charge in [0.05, 0.1) is 10.5 Å². The minimum Gasteiger partial charge on any atom is -0.350 e. The molecule has 0 bridgehead atoms. The Balaban J connectivity index is 1.96. The van der Waals surface area contributed by atoms with E-state index in [9.17, 15) is 13.2 Å². The largest absolute Gasteiger partial charge is 0.350 e. The Kier molecular flexibility index (Phi) is 5.84. The lowest BCUT2D eigenvalue weighted by Crippen LogP contribution is -2.32. The summed E-state index contributed by atoms with van der Waals surface area (Å²) in [4.78, 5) is 20.6. The van der Waals surface area contributed by atoms with Gasteiger partial charge in [-0.3, -0.25) is 14.8 Å². The van der Waals surface area contributed by atoms with Gasteiger partial charge in [-0.1, -0.05) is 18.2 Å². The number of pyridine rings is 2. The third kappa shape index (κ3) is 4.26. The maximum Gasteiger partial charge on any atom is 0.252 e. The molecule has 3 aromatic rings. The number of sulfone groups is 1. The van der Waals surface area contributed by atoms with Crippen LogP contribution in [0.15, 0.2) is 72.1 Å². The van der Waals surface area contributed by atoms with Gasteiger partial charge in [-0.2, -0.15) is 0 Å². The van der Waals surface area contributed by atoms with Crippen molar-refractivity contribution in [2.75, 3.05) is 6.54 Å². The van der Waals surface area contributed by atoms with Gasteiger partial charge in [0.1, 0.15) is 5.25 Å². The Morgan fingerprint density at radius 1 is 1.04 bits per heavy atom. The second kappa shape index (κ2) is 8.31. The average molecular weight is 395 g/mol. The second-order valence-electron chi connectivity index (χ2n) is 6.54. The van der Waals surface area contributed by atoms with E-state index in [4.69, 9.17) is 0 Å². The van der Waals surface area contributed by atoms with Crippen LogP contribution in [-0.2, 0) is 9.84 Å². The predicted molar refractivity (Wildman–Crippen MR) is 107 cm³/mol. The van der Waals surface area contributed by atoms with E-state index < -0.39 is 15.1 Å². The quantitative estimate of drug-likeness (QED) is 0.693. The summed E-state index contributed by atoms with van der Waals surface area (Å²) in [5.41, 5.74) is 2.41. The number of rotatable bonds is 6. The molecule has 3 rings (SSSR count). The van der Waals surface area contributed by atoms with Gasteiger partial charge in [-0.25, -0.2) is 8.42 Å². The first-order valence-electron chi connectivity index (χ1n) is 8.79. The van der Waals surface area contributed by atoms with Gasteiger partial charge >= 0.3 is 0 Å². The smallest absolute Gasteiger partial charge is 0.252 e. The van der Waals surface area contributed by atoms with Crippen LogP contribution in [0.4, 0.5) is 0 Å². The highest BCUT2D eigenvalue weighted by molar-refractivity contribution is 7.91. The minimum absolute atomic E-state index is 0.0743. The maximum absolute atomic E-state index is 13.5. The molecule has 28 heavy (non-hydrogen) atoms. The van der Waals surface area contributed by atoms with Crippen molar-refractivity contribution >= 4 is 15.7 Å². The molecular weight excluding hydrogens is 374 g/mol. The number of aromatic nitrogens is 2. The van der Waals surface area contributed by atoms with Crippen LogP contribution in [0.25, 0.3) is 0 Å². The maximum atomic E-state index is 13.5. The van der Waals surface area contributed by atoms with Crippen LogP contribution in [-0.4, -0.2) is 30.8 Å². The number of aryl methyl sites for hydroxylation is 2. The van der Waals surface area contributed by atoms with Crippen molar-refractivity contribution in [3.8, 4) is 0 Å². The molecule has 2 aromatic heterocycles. The summed E-state index contributed by atoms with van der Waals surface area (Å²) in [6.07, 6.45) is 6.11. The Morgan fingerprint density at radius 3 is 2.39 bits per heavy atom. The zero-order valence-corrected chi connectivity index (χ0v) is 16.5. The number of amides is 1. The summed E-state index contributed by atoms with van der Waals surface area (Å²) in [5, 5.41) is 1.77. The van der Waals surface area contributed by atoms with Gasteiger partial charge in [-0.15, -0.1) is 0 Å². The van der Waals surface area contributed by atoms with Crippen LogP contribution in [0.5, 0.6) is 0 Å². The molecule has 0 unspecified atom stereocenters. The van der Waals surface area contributed by atoms with E-state index in [2.05, 4.69) is 15.3 Å². The number of nitrogens with zero attached hydrogens (tertiary/aromatic N) is 2. The van der Waals surface area contributed by atoms with Crippen molar-refractivity contribution in [1.82, 2.24) is 15.3 Å². The number of carbonyl (C=O) groups is 1. The fourth-order valence-corrected chi connectivity index (χ4v) is 4.90. The lowest BCUT2D eigenvalue weighted by Gasteiger charge is -2.20. The molecule has 144 valence electrons. The summed E-state index contributed by atoms with van der Waals surface area (Å²) >= 11 is 0. The van der Waals surface area contributed by atoms with Gasteiger partial charge in [0, 0.05) is 31.3 Å². The predicted octanol–water partition coefficient (Wildman–Crippen LogP) is 3.04. The first kappa shape index (κ1) is 19.7. The van der Waals surface area contributed by atoms with Gasteiger partial charge in [0.2, 0.25) is 0 Å². The number of hydrogen-bond acceptors (Lipinski definition) is 5. The van der Waals surface area contributed by atoms with Crippen molar-refractivity contribution < 1.29 is 13.2 Å². The lowest BCUT2D eigenvalue weighted by atomic mass is 10.2. The van der Waals surface area contributed by atoms with Crippen molar-refractivity contribution in [3.63, 3.8) is 0 Å². The number of nitrogens with one attached hydrogen (secondary N) is 1. The molecule has 1 atom stereocenters. The van der Waals surface area contributed by atoms with Crippen LogP contribution in [0.1, 0.15) is 32.3 Å². The Labute approximate surface area is 164 Å². The van der Waals surface area contributed by atoms with Crippen molar-refractivity contribution in [3.05, 3.63) is 89.5 Å². The zero-order valence-electron chi connectivity index (χ0n) is 15.7. The SMILES string of the molecule is Cc1ccc(C)c(S(=O)(=O)[C@@H](CNC(=O)c2cccnc2)c2cccnc2)c1. The summed E-state index contributed by atoms with van der Waals surface area (Å²) < 4.78 is 26.9. The Morgan fingerprint density at radius 2 is 1.75 bits per heavy atom. The normalized spacial score (nSPS) is 12.4. The molecule has 6 nitrogen and oxygen atoms in total. The first-order valence-corrected chi connectivity index (χ1v) is 10.3. The van der Waals surface area contributed by atoms with Gasteiger partial charge in [0.15, 0.2) is 9.84 Å². The summed E-state index contributed by atoms with van der Waals surface area (Å²) in [6.45, 7) is 3.54. The first-order chi connectivity index (χ1) is 13.4. The molecular formula is C21H21N3O3S. The van der Waals surface area contributed by atoms with Crippen LogP contribution in [0.2, 0.25) is 0 Å². The molecule has 0 saturated carbocycles. The number of hydrogen-bond donors (Lipinski definition) is 1.